The molecule has 0 fully saturated rings. The topological polar surface area (TPSA) is 59.3 Å². The molecule has 0 saturated carbocycles. The van der Waals surface area contributed by atoms with Crippen molar-refractivity contribution in [2.24, 2.45) is 0 Å². The van der Waals surface area contributed by atoms with Gasteiger partial charge in [0.15, 0.2) is 5.65 Å². The van der Waals surface area contributed by atoms with Crippen LogP contribution in [0.5, 0.6) is 0 Å². The molecule has 4 aromatic rings. The van der Waals surface area contributed by atoms with Gasteiger partial charge in [0.25, 0.3) is 5.91 Å². The molecule has 0 atom stereocenters. The van der Waals surface area contributed by atoms with Crippen molar-refractivity contribution in [1.29, 1.82) is 0 Å². The molecule has 1 N–H and O–H groups in total. The van der Waals surface area contributed by atoms with Gasteiger partial charge in [-0.3, -0.25) is 4.79 Å². The first-order valence-corrected chi connectivity index (χ1v) is 8.83. The molecule has 27 heavy (non-hydrogen) atoms. The van der Waals surface area contributed by atoms with Crippen LogP contribution in [-0.2, 0) is 0 Å². The Morgan fingerprint density at radius 1 is 0.926 bits per heavy atom. The molecule has 0 unspecified atom stereocenters. The summed E-state index contributed by atoms with van der Waals surface area (Å²) in [6.07, 6.45) is 1.75. The standard InChI is InChI=1S/C22H20N4O/c1-14-9-7-8-12-19(14)24-22(27)18-13-26-21(23-15(18)2)20(16(3)25-26)17-10-5-4-6-11-17/h4-13H,1-3H3,(H,24,27). The van der Waals surface area contributed by atoms with E-state index >= 15 is 0 Å². The lowest BCUT2D eigenvalue weighted by Gasteiger charge is -2.10. The van der Waals surface area contributed by atoms with Crippen LogP contribution in [0.15, 0.2) is 60.8 Å². The van der Waals surface area contributed by atoms with Gasteiger partial charge in [-0.15, -0.1) is 0 Å². The number of hydrogen-bond acceptors (Lipinski definition) is 3. The number of fused-ring (bicyclic) bond motifs is 1. The lowest BCUT2D eigenvalue weighted by Crippen LogP contribution is -2.16. The first-order valence-electron chi connectivity index (χ1n) is 8.83. The van der Waals surface area contributed by atoms with Crippen molar-refractivity contribution < 1.29 is 4.79 Å². The lowest BCUT2D eigenvalue weighted by molar-refractivity contribution is 0.102. The zero-order chi connectivity index (χ0) is 19.0. The SMILES string of the molecule is Cc1ccccc1NC(=O)c1cn2nc(C)c(-c3ccccc3)c2nc1C. The number of nitrogens with zero attached hydrogens (tertiary/aromatic N) is 3. The minimum absolute atomic E-state index is 0.189. The Labute approximate surface area is 157 Å². The third kappa shape index (κ3) is 3.08. The maximum atomic E-state index is 12.8. The van der Waals surface area contributed by atoms with Gasteiger partial charge < -0.3 is 5.32 Å². The van der Waals surface area contributed by atoms with Crippen molar-refractivity contribution in [3.05, 3.63) is 83.3 Å². The Bertz CT molecular complexity index is 1150. The Balaban J connectivity index is 1.77. The van der Waals surface area contributed by atoms with Crippen LogP contribution in [0, 0.1) is 20.8 Å². The first kappa shape index (κ1) is 17.0. The van der Waals surface area contributed by atoms with E-state index in [0.717, 1.165) is 33.7 Å². The number of carbonyl (C=O) groups is 1. The van der Waals surface area contributed by atoms with Crippen LogP contribution in [0.2, 0.25) is 0 Å². The summed E-state index contributed by atoms with van der Waals surface area (Å²) in [7, 11) is 0. The van der Waals surface area contributed by atoms with Gasteiger partial charge in [-0.1, -0.05) is 48.5 Å². The molecule has 5 nitrogen and oxygen atoms in total. The van der Waals surface area contributed by atoms with Crippen molar-refractivity contribution >= 4 is 17.2 Å². The number of anilines is 1. The van der Waals surface area contributed by atoms with Crippen molar-refractivity contribution in [2.75, 3.05) is 5.32 Å². The van der Waals surface area contributed by atoms with E-state index in [0.29, 0.717) is 11.3 Å². The number of benzene rings is 2. The van der Waals surface area contributed by atoms with E-state index in [1.807, 2.05) is 75.4 Å². The average Bonchev–Trinajstić information content (AvgIpc) is 2.98. The van der Waals surface area contributed by atoms with Crippen LogP contribution in [0.25, 0.3) is 16.8 Å². The van der Waals surface area contributed by atoms with Crippen molar-refractivity contribution in [2.45, 2.75) is 20.8 Å². The normalized spacial score (nSPS) is 10.9. The van der Waals surface area contributed by atoms with Gasteiger partial charge >= 0.3 is 0 Å². The Morgan fingerprint density at radius 3 is 2.37 bits per heavy atom. The van der Waals surface area contributed by atoms with Crippen LogP contribution >= 0.6 is 0 Å². The van der Waals surface area contributed by atoms with E-state index in [2.05, 4.69) is 10.4 Å². The summed E-state index contributed by atoms with van der Waals surface area (Å²) in [5.74, 6) is -0.189. The summed E-state index contributed by atoms with van der Waals surface area (Å²) in [5.41, 5.74) is 6.67. The molecule has 4 rings (SSSR count). The molecule has 2 aromatic heterocycles. The zero-order valence-corrected chi connectivity index (χ0v) is 15.5. The Hall–Kier alpha value is -3.47. The highest BCUT2D eigenvalue weighted by Crippen LogP contribution is 2.27. The van der Waals surface area contributed by atoms with Crippen molar-refractivity contribution in [1.82, 2.24) is 14.6 Å². The van der Waals surface area contributed by atoms with Crippen LogP contribution in [-0.4, -0.2) is 20.5 Å². The fourth-order valence-corrected chi connectivity index (χ4v) is 3.24. The molecule has 0 bridgehead atoms. The summed E-state index contributed by atoms with van der Waals surface area (Å²) in [4.78, 5) is 17.5. The number of amides is 1. The monoisotopic (exact) mass is 356 g/mol. The summed E-state index contributed by atoms with van der Waals surface area (Å²) < 4.78 is 1.69. The summed E-state index contributed by atoms with van der Waals surface area (Å²) >= 11 is 0. The van der Waals surface area contributed by atoms with E-state index in [1.165, 1.54) is 0 Å². The number of aryl methyl sites for hydroxylation is 3. The number of hydrogen-bond donors (Lipinski definition) is 1. The maximum absolute atomic E-state index is 12.8. The number of rotatable bonds is 3. The fraction of sp³-hybridized carbons (Fsp3) is 0.136. The predicted molar refractivity (Wildman–Crippen MR) is 107 cm³/mol. The Kier molecular flexibility index (Phi) is 4.20. The van der Waals surface area contributed by atoms with Crippen LogP contribution in [0.1, 0.15) is 27.3 Å². The van der Waals surface area contributed by atoms with Gasteiger partial charge in [0.1, 0.15) is 0 Å². The highest BCUT2D eigenvalue weighted by atomic mass is 16.1. The van der Waals surface area contributed by atoms with Crippen LogP contribution < -0.4 is 5.32 Å². The summed E-state index contributed by atoms with van der Waals surface area (Å²) in [6, 6.07) is 17.8. The van der Waals surface area contributed by atoms with E-state index in [4.69, 9.17) is 4.98 Å². The number of nitrogens with one attached hydrogen (secondary N) is 1. The van der Waals surface area contributed by atoms with Gasteiger partial charge in [0, 0.05) is 17.4 Å². The zero-order valence-electron chi connectivity index (χ0n) is 15.5. The highest BCUT2D eigenvalue weighted by molar-refractivity contribution is 6.05. The van der Waals surface area contributed by atoms with E-state index < -0.39 is 0 Å². The van der Waals surface area contributed by atoms with Gasteiger partial charge in [-0.05, 0) is 38.0 Å². The van der Waals surface area contributed by atoms with Crippen molar-refractivity contribution in [3.63, 3.8) is 0 Å². The first-order chi connectivity index (χ1) is 13.0. The Morgan fingerprint density at radius 2 is 1.63 bits per heavy atom. The number of carbonyl (C=O) groups excluding carboxylic acids is 1. The van der Waals surface area contributed by atoms with Crippen molar-refractivity contribution in [3.8, 4) is 11.1 Å². The molecule has 0 saturated heterocycles. The smallest absolute Gasteiger partial charge is 0.259 e. The molecular weight excluding hydrogens is 336 g/mol. The second kappa shape index (κ2) is 6.68. The molecule has 0 aliphatic heterocycles. The van der Waals surface area contributed by atoms with Gasteiger partial charge in [-0.25, -0.2) is 9.50 Å². The van der Waals surface area contributed by atoms with Crippen LogP contribution in [0.4, 0.5) is 5.69 Å². The number of aromatic nitrogens is 3. The van der Waals surface area contributed by atoms with Crippen LogP contribution in [0.3, 0.4) is 0 Å². The minimum atomic E-state index is -0.189. The quantitative estimate of drug-likeness (QED) is 0.585. The molecule has 5 heteroatoms. The maximum Gasteiger partial charge on any atom is 0.259 e. The van der Waals surface area contributed by atoms with E-state index in [1.54, 1.807) is 10.7 Å². The predicted octanol–water partition coefficient (Wildman–Crippen LogP) is 4.57. The summed E-state index contributed by atoms with van der Waals surface area (Å²) in [5, 5.41) is 7.54. The minimum Gasteiger partial charge on any atom is -0.322 e. The lowest BCUT2D eigenvalue weighted by atomic mass is 10.1. The molecule has 2 aromatic carbocycles. The molecule has 134 valence electrons. The second-order valence-electron chi connectivity index (χ2n) is 6.60. The van der Waals surface area contributed by atoms with Gasteiger partial charge in [0.2, 0.25) is 0 Å². The highest BCUT2D eigenvalue weighted by Gasteiger charge is 2.18. The van der Waals surface area contributed by atoms with E-state index in [9.17, 15) is 4.79 Å². The fourth-order valence-electron chi connectivity index (χ4n) is 3.24. The van der Waals surface area contributed by atoms with E-state index in [-0.39, 0.29) is 5.91 Å². The number of para-hydroxylation sites is 1. The molecule has 0 radical (unpaired) electrons. The second-order valence-corrected chi connectivity index (χ2v) is 6.60. The third-order valence-electron chi connectivity index (χ3n) is 4.68. The molecule has 1 amide bonds. The third-order valence-corrected chi connectivity index (χ3v) is 4.68. The molecule has 2 heterocycles. The largest absolute Gasteiger partial charge is 0.322 e. The molecule has 0 spiro atoms. The van der Waals surface area contributed by atoms with Gasteiger partial charge in [-0.2, -0.15) is 5.10 Å². The molecule has 0 aliphatic rings. The van der Waals surface area contributed by atoms with Gasteiger partial charge in [0.05, 0.1) is 17.0 Å². The molecule has 0 aliphatic carbocycles. The molecular formula is C22H20N4O. The average molecular weight is 356 g/mol. The summed E-state index contributed by atoms with van der Waals surface area (Å²) in [6.45, 7) is 5.77.